The van der Waals surface area contributed by atoms with Crippen LogP contribution in [-0.4, -0.2) is 27.6 Å². The van der Waals surface area contributed by atoms with Gasteiger partial charge in [0.05, 0.1) is 16.9 Å². The number of hydrogen-bond acceptors (Lipinski definition) is 5. The summed E-state index contributed by atoms with van der Waals surface area (Å²) in [6.45, 7) is 1.75. The average molecular weight is 342 g/mol. The van der Waals surface area contributed by atoms with Crippen LogP contribution >= 0.6 is 11.8 Å². The highest BCUT2D eigenvalue weighted by molar-refractivity contribution is 8.16. The molecule has 0 saturated carbocycles. The molecule has 1 aliphatic rings. The second kappa shape index (κ2) is 6.37. The summed E-state index contributed by atoms with van der Waals surface area (Å²) in [5.74, 6) is -1.52. The van der Waals surface area contributed by atoms with Gasteiger partial charge >= 0.3 is 5.97 Å². The largest absolute Gasteiger partial charge is 0.478 e. The minimum Gasteiger partial charge on any atom is -0.478 e. The number of thioether (sulfide) groups is 1. The third kappa shape index (κ3) is 2.85. The molecule has 122 valence electrons. The summed E-state index contributed by atoms with van der Waals surface area (Å²) in [4.78, 5) is 37.3. The molecule has 0 radical (unpaired) electrons. The molecule has 2 aromatic carbocycles. The van der Waals surface area contributed by atoms with Gasteiger partial charge in [0.15, 0.2) is 5.37 Å². The van der Waals surface area contributed by atoms with Crippen LogP contribution in [0.15, 0.2) is 48.5 Å². The van der Waals surface area contributed by atoms with E-state index in [0.717, 1.165) is 16.7 Å². The molecular weight excluding hydrogens is 328 g/mol. The van der Waals surface area contributed by atoms with Crippen molar-refractivity contribution in [2.24, 2.45) is 0 Å². The number of carbonyl (C=O) groups excluding carboxylic acids is 2. The number of hydrogen-bond donors (Lipinski definition) is 2. The van der Waals surface area contributed by atoms with E-state index in [1.165, 1.54) is 6.07 Å². The van der Waals surface area contributed by atoms with Crippen LogP contribution in [0.4, 0.5) is 16.2 Å². The molecule has 0 bridgehead atoms. The Morgan fingerprint density at radius 1 is 1.12 bits per heavy atom. The minimum absolute atomic E-state index is 0.0639. The zero-order valence-corrected chi connectivity index (χ0v) is 13.5. The van der Waals surface area contributed by atoms with Crippen LogP contribution < -0.4 is 10.2 Å². The molecule has 1 aliphatic heterocycles. The maximum atomic E-state index is 12.6. The molecular formula is C17H14N2O4S. The van der Waals surface area contributed by atoms with Crippen molar-refractivity contribution in [1.82, 2.24) is 0 Å². The fraction of sp³-hybridized carbons (Fsp3) is 0.118. The number of amides is 2. The van der Waals surface area contributed by atoms with E-state index in [9.17, 15) is 19.5 Å². The first-order valence-corrected chi connectivity index (χ1v) is 8.06. The zero-order valence-electron chi connectivity index (χ0n) is 12.7. The van der Waals surface area contributed by atoms with Crippen molar-refractivity contribution in [3.8, 4) is 0 Å². The summed E-state index contributed by atoms with van der Waals surface area (Å²) in [5.41, 5.74) is 1.59. The van der Waals surface area contributed by atoms with E-state index in [-0.39, 0.29) is 5.56 Å². The lowest BCUT2D eigenvalue weighted by Crippen LogP contribution is -2.34. The highest BCUT2D eigenvalue weighted by Crippen LogP contribution is 2.33. The number of carbonyl (C=O) groups is 3. The number of carboxylic acids is 1. The molecule has 0 spiro atoms. The first-order valence-electron chi connectivity index (χ1n) is 7.18. The molecule has 1 atom stereocenters. The molecule has 24 heavy (non-hydrogen) atoms. The van der Waals surface area contributed by atoms with Crippen LogP contribution in [-0.2, 0) is 4.79 Å². The Labute approximate surface area is 142 Å². The second-order valence-electron chi connectivity index (χ2n) is 5.22. The second-order valence-corrected chi connectivity index (χ2v) is 6.28. The van der Waals surface area contributed by atoms with Crippen LogP contribution in [0.5, 0.6) is 0 Å². The molecule has 2 amide bonds. The Morgan fingerprint density at radius 2 is 1.83 bits per heavy atom. The van der Waals surface area contributed by atoms with E-state index in [0.29, 0.717) is 16.9 Å². The van der Waals surface area contributed by atoms with Gasteiger partial charge in [0.1, 0.15) is 0 Å². The van der Waals surface area contributed by atoms with Crippen molar-refractivity contribution in [2.75, 3.05) is 10.2 Å². The number of nitrogens with zero attached hydrogens (tertiary/aromatic N) is 1. The fourth-order valence-corrected chi connectivity index (χ4v) is 3.37. The molecule has 3 rings (SSSR count). The van der Waals surface area contributed by atoms with Gasteiger partial charge < -0.3 is 10.4 Å². The van der Waals surface area contributed by atoms with Gasteiger partial charge in [-0.15, -0.1) is 0 Å². The zero-order chi connectivity index (χ0) is 17.3. The number of aromatic carboxylic acids is 1. The van der Waals surface area contributed by atoms with Crippen LogP contribution in [0.2, 0.25) is 0 Å². The Hall–Kier alpha value is -2.80. The van der Waals surface area contributed by atoms with Crippen molar-refractivity contribution < 1.29 is 19.5 Å². The number of para-hydroxylation sites is 2. The van der Waals surface area contributed by atoms with Gasteiger partial charge in [-0.1, -0.05) is 30.3 Å². The third-order valence-corrected chi connectivity index (χ3v) is 4.58. The number of benzene rings is 2. The quantitative estimate of drug-likeness (QED) is 0.886. The average Bonchev–Trinajstić information content (AvgIpc) is 2.84. The van der Waals surface area contributed by atoms with E-state index in [1.54, 1.807) is 49.4 Å². The fourth-order valence-electron chi connectivity index (χ4n) is 2.48. The topological polar surface area (TPSA) is 86.7 Å². The van der Waals surface area contributed by atoms with Crippen LogP contribution in [0.1, 0.15) is 15.9 Å². The smallest absolute Gasteiger partial charge is 0.337 e. The molecule has 7 heteroatoms. The predicted octanol–water partition coefficient (Wildman–Crippen LogP) is 3.33. The van der Waals surface area contributed by atoms with Gasteiger partial charge in [-0.2, -0.15) is 0 Å². The van der Waals surface area contributed by atoms with Gasteiger partial charge in [0.25, 0.3) is 11.1 Å². The summed E-state index contributed by atoms with van der Waals surface area (Å²) in [7, 11) is 0. The van der Waals surface area contributed by atoms with Gasteiger partial charge in [-0.25, -0.2) is 9.69 Å². The van der Waals surface area contributed by atoms with E-state index in [2.05, 4.69) is 5.32 Å². The lowest BCUT2D eigenvalue weighted by Gasteiger charge is -2.17. The summed E-state index contributed by atoms with van der Waals surface area (Å²) in [5, 5.41) is 11.0. The van der Waals surface area contributed by atoms with Crippen LogP contribution in [0.3, 0.4) is 0 Å². The van der Waals surface area contributed by atoms with Crippen molar-refractivity contribution >= 4 is 40.3 Å². The normalized spacial score (nSPS) is 17.2. The van der Waals surface area contributed by atoms with E-state index >= 15 is 0 Å². The number of nitrogens with one attached hydrogen (secondary N) is 1. The Morgan fingerprint density at radius 3 is 2.50 bits per heavy atom. The van der Waals surface area contributed by atoms with Crippen LogP contribution in [0.25, 0.3) is 0 Å². The van der Waals surface area contributed by atoms with Crippen molar-refractivity contribution in [1.29, 1.82) is 0 Å². The van der Waals surface area contributed by atoms with Crippen molar-refractivity contribution in [3.63, 3.8) is 0 Å². The SMILES string of the molecule is Cc1cccc(C(=O)O)c1N[C@H]1SC(=O)N(c2ccccc2)C1=O. The summed E-state index contributed by atoms with van der Waals surface area (Å²) in [6, 6.07) is 13.5. The first-order chi connectivity index (χ1) is 11.5. The molecule has 1 heterocycles. The lowest BCUT2D eigenvalue weighted by atomic mass is 10.1. The van der Waals surface area contributed by atoms with Crippen molar-refractivity contribution in [3.05, 3.63) is 59.7 Å². The number of imide groups is 1. The van der Waals surface area contributed by atoms with Gasteiger partial charge in [-0.3, -0.25) is 9.59 Å². The van der Waals surface area contributed by atoms with Crippen molar-refractivity contribution in [2.45, 2.75) is 12.3 Å². The van der Waals surface area contributed by atoms with Gasteiger partial charge in [-0.05, 0) is 42.4 Å². The van der Waals surface area contributed by atoms with E-state index < -0.39 is 22.5 Å². The first kappa shape index (κ1) is 16.1. The monoisotopic (exact) mass is 342 g/mol. The minimum atomic E-state index is -1.09. The highest BCUT2D eigenvalue weighted by atomic mass is 32.2. The number of carboxylic acid groups (broad SMARTS) is 1. The molecule has 0 aromatic heterocycles. The van der Waals surface area contributed by atoms with Crippen LogP contribution in [0, 0.1) is 6.92 Å². The van der Waals surface area contributed by atoms with E-state index in [1.807, 2.05) is 0 Å². The maximum Gasteiger partial charge on any atom is 0.337 e. The Kier molecular flexibility index (Phi) is 4.26. The number of rotatable bonds is 4. The third-order valence-electron chi connectivity index (χ3n) is 3.64. The summed E-state index contributed by atoms with van der Waals surface area (Å²) >= 11 is 0.834. The lowest BCUT2D eigenvalue weighted by molar-refractivity contribution is -0.116. The molecule has 6 nitrogen and oxygen atoms in total. The van der Waals surface area contributed by atoms with Gasteiger partial charge in [0, 0.05) is 0 Å². The Balaban J connectivity index is 1.90. The Bertz CT molecular complexity index is 823. The molecule has 0 unspecified atom stereocenters. The van der Waals surface area contributed by atoms with Gasteiger partial charge in [0.2, 0.25) is 0 Å². The number of aryl methyl sites for hydroxylation is 1. The highest BCUT2D eigenvalue weighted by Gasteiger charge is 2.41. The molecule has 2 N–H and O–H groups in total. The maximum absolute atomic E-state index is 12.6. The summed E-state index contributed by atoms with van der Waals surface area (Å²) in [6.07, 6.45) is 0. The molecule has 1 fully saturated rings. The molecule has 0 aliphatic carbocycles. The molecule has 2 aromatic rings. The number of anilines is 2. The van der Waals surface area contributed by atoms with E-state index in [4.69, 9.17) is 0 Å². The standard InChI is InChI=1S/C17H14N2O4S/c1-10-6-5-9-12(16(21)22)13(10)18-14-15(20)19(17(23)24-14)11-7-3-2-4-8-11/h2-9,14,18H,1H3,(H,21,22)/t14-/m0/s1. The summed E-state index contributed by atoms with van der Waals surface area (Å²) < 4.78 is 0. The predicted molar refractivity (Wildman–Crippen MR) is 92.5 cm³/mol. The molecule has 1 saturated heterocycles.